The average Bonchev–Trinajstić information content (AvgIpc) is 2.63. The molecule has 21 heavy (non-hydrogen) atoms. The zero-order valence-electron chi connectivity index (χ0n) is 11.6. The van der Waals surface area contributed by atoms with E-state index in [0.29, 0.717) is 17.0 Å². The molecule has 1 nitrogen and oxygen atoms in total. The van der Waals surface area contributed by atoms with E-state index >= 15 is 0 Å². The van der Waals surface area contributed by atoms with Crippen molar-refractivity contribution in [3.63, 3.8) is 0 Å². The normalized spacial score (nSPS) is 18.2. The maximum Gasteiger partial charge on any atom is 0.166 e. The number of aryl methyl sites for hydroxylation is 1. The van der Waals surface area contributed by atoms with Crippen LogP contribution in [0.5, 0.6) is 0 Å². The van der Waals surface area contributed by atoms with E-state index in [1.54, 1.807) is 12.1 Å². The molecule has 1 atom stereocenters. The van der Waals surface area contributed by atoms with E-state index in [-0.39, 0.29) is 17.5 Å². The highest BCUT2D eigenvalue weighted by atomic mass is 35.5. The number of rotatable bonds is 2. The van der Waals surface area contributed by atoms with Crippen LogP contribution in [0.25, 0.3) is 0 Å². The summed E-state index contributed by atoms with van der Waals surface area (Å²) in [6, 6.07) is 12.4. The Balaban J connectivity index is 1.92. The van der Waals surface area contributed by atoms with Crippen LogP contribution in [-0.2, 0) is 12.8 Å². The smallest absolute Gasteiger partial charge is 0.166 e. The lowest BCUT2D eigenvalue weighted by molar-refractivity contribution is 0.0915. The fourth-order valence-electron chi connectivity index (χ4n) is 3.04. The van der Waals surface area contributed by atoms with Crippen LogP contribution in [-0.4, -0.2) is 5.78 Å². The van der Waals surface area contributed by atoms with E-state index in [9.17, 15) is 9.18 Å². The number of halogens is 2. The Morgan fingerprint density at radius 2 is 1.95 bits per heavy atom. The maximum atomic E-state index is 13.9. The highest BCUT2D eigenvalue weighted by Gasteiger charge is 2.26. The fraction of sp³-hybridized carbons (Fsp3) is 0.278. The van der Waals surface area contributed by atoms with E-state index in [2.05, 4.69) is 0 Å². The van der Waals surface area contributed by atoms with Gasteiger partial charge in [-0.05, 0) is 43.4 Å². The molecule has 0 amide bonds. The molecule has 0 saturated heterocycles. The molecule has 2 aromatic rings. The average molecular weight is 303 g/mol. The Morgan fingerprint density at radius 3 is 2.76 bits per heavy atom. The summed E-state index contributed by atoms with van der Waals surface area (Å²) in [7, 11) is 0. The topological polar surface area (TPSA) is 17.1 Å². The van der Waals surface area contributed by atoms with Crippen molar-refractivity contribution >= 4 is 17.4 Å². The standard InChI is InChI=1S/C18H16ClFO/c19-16-9-4-10-17(20)15(16)11-13-7-3-6-12-5-1-2-8-14(12)18(13)21/h1-2,4-5,8-10,13H,3,6-7,11H2. The SMILES string of the molecule is O=C1c2ccccc2CCCC1Cc1c(F)cccc1Cl. The van der Waals surface area contributed by atoms with Crippen molar-refractivity contribution in [3.05, 3.63) is 70.0 Å². The summed E-state index contributed by atoms with van der Waals surface area (Å²) in [5, 5.41) is 0.403. The number of fused-ring (bicyclic) bond motifs is 1. The molecule has 3 heteroatoms. The zero-order valence-corrected chi connectivity index (χ0v) is 12.4. The van der Waals surface area contributed by atoms with Crippen LogP contribution in [0, 0.1) is 11.7 Å². The minimum atomic E-state index is -0.326. The third kappa shape index (κ3) is 2.86. The van der Waals surface area contributed by atoms with Gasteiger partial charge in [0, 0.05) is 22.1 Å². The van der Waals surface area contributed by atoms with Gasteiger partial charge in [-0.3, -0.25) is 4.79 Å². The lowest BCUT2D eigenvalue weighted by atomic mass is 9.89. The molecule has 0 heterocycles. The summed E-state index contributed by atoms with van der Waals surface area (Å²) in [6.07, 6.45) is 3.00. The van der Waals surface area contributed by atoms with Crippen LogP contribution in [0.3, 0.4) is 0 Å². The molecule has 0 saturated carbocycles. The number of Topliss-reactive ketones (excluding diaryl/α,β-unsaturated/α-hetero) is 1. The van der Waals surface area contributed by atoms with Gasteiger partial charge in [0.2, 0.25) is 0 Å². The molecule has 0 N–H and O–H groups in total. The number of hydrogen-bond acceptors (Lipinski definition) is 1. The Hall–Kier alpha value is -1.67. The fourth-order valence-corrected chi connectivity index (χ4v) is 3.28. The van der Waals surface area contributed by atoms with Gasteiger partial charge in [0.25, 0.3) is 0 Å². The summed E-state index contributed by atoms with van der Waals surface area (Å²) in [6.45, 7) is 0. The van der Waals surface area contributed by atoms with Crippen molar-refractivity contribution in [2.45, 2.75) is 25.7 Å². The second-order valence-corrected chi connectivity index (χ2v) is 5.92. The van der Waals surface area contributed by atoms with Gasteiger partial charge in [-0.15, -0.1) is 0 Å². The predicted octanol–water partition coefficient (Wildman–Crippen LogP) is 4.86. The Labute approximate surface area is 128 Å². The second-order valence-electron chi connectivity index (χ2n) is 5.51. The third-order valence-corrected chi connectivity index (χ3v) is 4.52. The molecular weight excluding hydrogens is 287 g/mol. The number of benzene rings is 2. The van der Waals surface area contributed by atoms with Gasteiger partial charge in [-0.2, -0.15) is 0 Å². The first-order valence-electron chi connectivity index (χ1n) is 7.22. The van der Waals surface area contributed by atoms with Gasteiger partial charge < -0.3 is 0 Å². The molecule has 2 aromatic carbocycles. The molecule has 0 spiro atoms. The molecule has 0 radical (unpaired) electrons. The Kier molecular flexibility index (Phi) is 4.07. The van der Waals surface area contributed by atoms with Crippen LogP contribution in [0.15, 0.2) is 42.5 Å². The van der Waals surface area contributed by atoms with Crippen molar-refractivity contribution in [1.29, 1.82) is 0 Å². The van der Waals surface area contributed by atoms with Gasteiger partial charge in [0.1, 0.15) is 5.82 Å². The quantitative estimate of drug-likeness (QED) is 0.724. The monoisotopic (exact) mass is 302 g/mol. The van der Waals surface area contributed by atoms with Gasteiger partial charge in [-0.25, -0.2) is 4.39 Å². The Bertz CT molecular complexity index is 660. The largest absolute Gasteiger partial charge is 0.294 e. The van der Waals surface area contributed by atoms with Crippen LogP contribution < -0.4 is 0 Å². The summed E-state index contributed by atoms with van der Waals surface area (Å²) >= 11 is 6.09. The van der Waals surface area contributed by atoms with E-state index < -0.39 is 0 Å². The van der Waals surface area contributed by atoms with E-state index in [1.165, 1.54) is 6.07 Å². The molecule has 1 unspecified atom stereocenters. The highest BCUT2D eigenvalue weighted by molar-refractivity contribution is 6.31. The van der Waals surface area contributed by atoms with Crippen LogP contribution in [0.4, 0.5) is 4.39 Å². The molecular formula is C18H16ClFO. The molecule has 0 aliphatic heterocycles. The summed E-state index contributed by atoms with van der Waals surface area (Å²) in [5.41, 5.74) is 2.34. The lowest BCUT2D eigenvalue weighted by Crippen LogP contribution is -2.17. The summed E-state index contributed by atoms with van der Waals surface area (Å²) < 4.78 is 13.9. The van der Waals surface area contributed by atoms with Gasteiger partial charge in [0.05, 0.1) is 0 Å². The van der Waals surface area contributed by atoms with Gasteiger partial charge >= 0.3 is 0 Å². The molecule has 108 valence electrons. The van der Waals surface area contributed by atoms with Crippen molar-refractivity contribution in [2.24, 2.45) is 5.92 Å². The van der Waals surface area contributed by atoms with Crippen molar-refractivity contribution in [1.82, 2.24) is 0 Å². The third-order valence-electron chi connectivity index (χ3n) is 4.16. The zero-order chi connectivity index (χ0) is 14.8. The van der Waals surface area contributed by atoms with Crippen molar-refractivity contribution in [2.75, 3.05) is 0 Å². The van der Waals surface area contributed by atoms with Gasteiger partial charge in [0.15, 0.2) is 5.78 Å². The molecule has 0 bridgehead atoms. The van der Waals surface area contributed by atoms with Crippen LogP contribution >= 0.6 is 11.6 Å². The molecule has 3 rings (SSSR count). The summed E-state index contributed by atoms with van der Waals surface area (Å²) in [5.74, 6) is -0.404. The van der Waals surface area contributed by atoms with Crippen molar-refractivity contribution in [3.8, 4) is 0 Å². The van der Waals surface area contributed by atoms with Crippen LogP contribution in [0.2, 0.25) is 5.02 Å². The van der Waals surface area contributed by atoms with Crippen LogP contribution in [0.1, 0.15) is 34.3 Å². The molecule has 0 fully saturated rings. The van der Waals surface area contributed by atoms with Gasteiger partial charge in [-0.1, -0.05) is 41.9 Å². The molecule has 0 aromatic heterocycles. The minimum absolute atomic E-state index is 0.113. The first-order chi connectivity index (χ1) is 10.2. The second kappa shape index (κ2) is 5.98. The first kappa shape index (κ1) is 14.3. The Morgan fingerprint density at radius 1 is 1.14 bits per heavy atom. The molecule has 1 aliphatic carbocycles. The lowest BCUT2D eigenvalue weighted by Gasteiger charge is -2.15. The predicted molar refractivity (Wildman–Crippen MR) is 82.3 cm³/mol. The number of hydrogen-bond donors (Lipinski definition) is 0. The minimum Gasteiger partial charge on any atom is -0.294 e. The van der Waals surface area contributed by atoms with E-state index in [1.807, 2.05) is 24.3 Å². The summed E-state index contributed by atoms with van der Waals surface area (Å²) in [4.78, 5) is 12.7. The maximum absolute atomic E-state index is 13.9. The number of carbonyl (C=O) groups excluding carboxylic acids is 1. The highest BCUT2D eigenvalue weighted by Crippen LogP contribution is 2.30. The number of ketones is 1. The van der Waals surface area contributed by atoms with E-state index in [4.69, 9.17) is 11.6 Å². The first-order valence-corrected chi connectivity index (χ1v) is 7.59. The van der Waals surface area contributed by atoms with E-state index in [0.717, 1.165) is 30.4 Å². The number of carbonyl (C=O) groups is 1. The molecule has 1 aliphatic rings. The van der Waals surface area contributed by atoms with Crippen molar-refractivity contribution < 1.29 is 9.18 Å².